The van der Waals surface area contributed by atoms with Crippen molar-refractivity contribution in [3.63, 3.8) is 0 Å². The van der Waals surface area contributed by atoms with Crippen molar-refractivity contribution in [2.45, 2.75) is 39.2 Å². The SMILES string of the molecule is CC(Cc1nc2cc(C3=NC[C@@H](C)CC3)ccc2s1)N(C)C. The van der Waals surface area contributed by atoms with Crippen LogP contribution >= 0.6 is 11.3 Å². The molecule has 0 fully saturated rings. The fourth-order valence-corrected chi connectivity index (χ4v) is 3.80. The monoisotopic (exact) mass is 315 g/mol. The molecular formula is C18H25N3S. The van der Waals surface area contributed by atoms with Crippen molar-refractivity contribution in [3.8, 4) is 0 Å². The Morgan fingerprint density at radius 3 is 2.86 bits per heavy atom. The van der Waals surface area contributed by atoms with Crippen LogP contribution in [0.2, 0.25) is 0 Å². The molecule has 1 aliphatic heterocycles. The molecule has 22 heavy (non-hydrogen) atoms. The van der Waals surface area contributed by atoms with Gasteiger partial charge in [0.05, 0.1) is 15.2 Å². The Hall–Kier alpha value is -1.26. The molecule has 0 bridgehead atoms. The zero-order valence-corrected chi connectivity index (χ0v) is 14.8. The van der Waals surface area contributed by atoms with Crippen LogP contribution in [0.4, 0.5) is 0 Å². The van der Waals surface area contributed by atoms with E-state index in [0.29, 0.717) is 6.04 Å². The summed E-state index contributed by atoms with van der Waals surface area (Å²) in [6, 6.07) is 7.18. The average molecular weight is 315 g/mol. The van der Waals surface area contributed by atoms with Gasteiger partial charge >= 0.3 is 0 Å². The smallest absolute Gasteiger partial charge is 0.0954 e. The molecule has 0 spiro atoms. The lowest BCUT2D eigenvalue weighted by Crippen LogP contribution is -2.26. The molecule has 1 aromatic carbocycles. The van der Waals surface area contributed by atoms with Gasteiger partial charge in [-0.3, -0.25) is 4.99 Å². The zero-order chi connectivity index (χ0) is 15.7. The minimum Gasteiger partial charge on any atom is -0.306 e. The number of likely N-dealkylation sites (N-methyl/N-ethyl adjacent to an activating group) is 1. The molecular weight excluding hydrogens is 290 g/mol. The quantitative estimate of drug-likeness (QED) is 0.853. The molecule has 1 unspecified atom stereocenters. The van der Waals surface area contributed by atoms with Crippen molar-refractivity contribution < 1.29 is 0 Å². The number of fused-ring (bicyclic) bond motifs is 1. The molecule has 2 heterocycles. The molecule has 3 nitrogen and oxygen atoms in total. The third-order valence-corrected chi connectivity index (χ3v) is 5.64. The summed E-state index contributed by atoms with van der Waals surface area (Å²) in [5.74, 6) is 0.728. The van der Waals surface area contributed by atoms with E-state index in [2.05, 4.69) is 51.0 Å². The minimum absolute atomic E-state index is 0.518. The van der Waals surface area contributed by atoms with E-state index < -0.39 is 0 Å². The number of rotatable bonds is 4. The van der Waals surface area contributed by atoms with Crippen LogP contribution in [0.15, 0.2) is 23.2 Å². The number of hydrogen-bond acceptors (Lipinski definition) is 4. The highest BCUT2D eigenvalue weighted by atomic mass is 32.1. The van der Waals surface area contributed by atoms with E-state index in [-0.39, 0.29) is 0 Å². The first-order valence-electron chi connectivity index (χ1n) is 8.12. The standard InChI is InChI=1S/C18H25N3S/c1-12-5-7-15(19-11-12)14-6-8-17-16(10-14)20-18(22-17)9-13(2)21(3)4/h6,8,10,12-13H,5,7,9,11H2,1-4H3/t12-,13?/m0/s1. The summed E-state index contributed by atoms with van der Waals surface area (Å²) in [5, 5.41) is 1.23. The lowest BCUT2D eigenvalue weighted by atomic mass is 9.96. The lowest BCUT2D eigenvalue weighted by molar-refractivity contribution is 0.312. The average Bonchev–Trinajstić information content (AvgIpc) is 2.89. The highest BCUT2D eigenvalue weighted by Crippen LogP contribution is 2.26. The van der Waals surface area contributed by atoms with Crippen LogP contribution in [0.1, 0.15) is 37.3 Å². The first kappa shape index (κ1) is 15.6. The van der Waals surface area contributed by atoms with Gasteiger partial charge in [0.1, 0.15) is 0 Å². The van der Waals surface area contributed by atoms with Gasteiger partial charge in [-0.15, -0.1) is 11.3 Å². The Bertz CT molecular complexity index is 687. The van der Waals surface area contributed by atoms with Crippen LogP contribution in [-0.4, -0.2) is 42.3 Å². The summed E-state index contributed by atoms with van der Waals surface area (Å²) >= 11 is 1.82. The highest BCUT2D eigenvalue weighted by molar-refractivity contribution is 7.18. The van der Waals surface area contributed by atoms with E-state index in [1.54, 1.807) is 0 Å². The van der Waals surface area contributed by atoms with E-state index in [1.165, 1.54) is 27.4 Å². The molecule has 0 saturated carbocycles. The number of hydrogen-bond donors (Lipinski definition) is 0. The predicted molar refractivity (Wildman–Crippen MR) is 96.3 cm³/mol. The van der Waals surface area contributed by atoms with Crippen LogP contribution in [0, 0.1) is 5.92 Å². The summed E-state index contributed by atoms with van der Waals surface area (Å²) in [6.45, 7) is 5.49. The number of aromatic nitrogens is 1. The summed E-state index contributed by atoms with van der Waals surface area (Å²) in [7, 11) is 4.25. The van der Waals surface area contributed by atoms with Gasteiger partial charge in [-0.05, 0) is 57.5 Å². The van der Waals surface area contributed by atoms with Crippen LogP contribution in [-0.2, 0) is 6.42 Å². The maximum atomic E-state index is 4.84. The lowest BCUT2D eigenvalue weighted by Gasteiger charge is -2.17. The Morgan fingerprint density at radius 1 is 1.36 bits per heavy atom. The Balaban J connectivity index is 1.84. The molecule has 118 valence electrons. The van der Waals surface area contributed by atoms with E-state index in [9.17, 15) is 0 Å². The summed E-state index contributed by atoms with van der Waals surface area (Å²) in [5.41, 5.74) is 3.65. The molecule has 0 amide bonds. The van der Waals surface area contributed by atoms with Gasteiger partial charge in [-0.1, -0.05) is 13.0 Å². The van der Waals surface area contributed by atoms with Gasteiger partial charge in [0.15, 0.2) is 0 Å². The highest BCUT2D eigenvalue weighted by Gasteiger charge is 2.15. The van der Waals surface area contributed by atoms with Crippen LogP contribution in [0.25, 0.3) is 10.2 Å². The fourth-order valence-electron chi connectivity index (χ4n) is 2.73. The molecule has 0 aliphatic carbocycles. The largest absolute Gasteiger partial charge is 0.306 e. The second kappa shape index (κ2) is 6.47. The molecule has 3 rings (SSSR count). The van der Waals surface area contributed by atoms with E-state index >= 15 is 0 Å². The van der Waals surface area contributed by atoms with Crippen LogP contribution in [0.3, 0.4) is 0 Å². The van der Waals surface area contributed by atoms with Crippen molar-refractivity contribution in [2.24, 2.45) is 10.9 Å². The van der Waals surface area contributed by atoms with E-state index in [4.69, 9.17) is 9.98 Å². The molecule has 2 aromatic rings. The second-order valence-electron chi connectivity index (χ2n) is 6.74. The van der Waals surface area contributed by atoms with Crippen molar-refractivity contribution in [1.82, 2.24) is 9.88 Å². The topological polar surface area (TPSA) is 28.5 Å². The molecule has 0 radical (unpaired) electrons. The Kier molecular flexibility index (Phi) is 4.59. The van der Waals surface area contributed by atoms with Crippen molar-refractivity contribution in [1.29, 1.82) is 0 Å². The number of aliphatic imine (C=N–C) groups is 1. The Labute approximate surface area is 137 Å². The third-order valence-electron chi connectivity index (χ3n) is 4.58. The normalized spacial score (nSPS) is 20.4. The van der Waals surface area contributed by atoms with Gasteiger partial charge in [-0.25, -0.2) is 4.98 Å². The van der Waals surface area contributed by atoms with Crippen molar-refractivity contribution in [3.05, 3.63) is 28.8 Å². The minimum atomic E-state index is 0.518. The summed E-state index contributed by atoms with van der Waals surface area (Å²) < 4.78 is 1.29. The molecule has 4 heteroatoms. The molecule has 2 atom stereocenters. The van der Waals surface area contributed by atoms with E-state index in [1.807, 2.05) is 11.3 Å². The fraction of sp³-hybridized carbons (Fsp3) is 0.556. The predicted octanol–water partition coefficient (Wildman–Crippen LogP) is 4.01. The van der Waals surface area contributed by atoms with Crippen LogP contribution in [0.5, 0.6) is 0 Å². The zero-order valence-electron chi connectivity index (χ0n) is 14.0. The molecule has 1 aromatic heterocycles. The Morgan fingerprint density at radius 2 is 2.18 bits per heavy atom. The maximum Gasteiger partial charge on any atom is 0.0954 e. The molecule has 0 N–H and O–H groups in total. The van der Waals surface area contributed by atoms with Crippen molar-refractivity contribution >= 4 is 27.3 Å². The van der Waals surface area contributed by atoms with Gasteiger partial charge < -0.3 is 4.90 Å². The number of benzene rings is 1. The first-order chi connectivity index (χ1) is 10.5. The van der Waals surface area contributed by atoms with Gasteiger partial charge in [0.2, 0.25) is 0 Å². The summed E-state index contributed by atoms with van der Waals surface area (Å²) in [4.78, 5) is 11.8. The maximum absolute atomic E-state index is 4.84. The summed E-state index contributed by atoms with van der Waals surface area (Å²) in [6.07, 6.45) is 3.36. The van der Waals surface area contributed by atoms with Crippen molar-refractivity contribution in [2.75, 3.05) is 20.6 Å². The first-order valence-corrected chi connectivity index (χ1v) is 8.94. The van der Waals surface area contributed by atoms with E-state index in [0.717, 1.165) is 30.8 Å². The third kappa shape index (κ3) is 3.39. The number of thiazole rings is 1. The van der Waals surface area contributed by atoms with Crippen LogP contribution < -0.4 is 0 Å². The molecule has 1 aliphatic rings. The van der Waals surface area contributed by atoms with Gasteiger partial charge in [-0.2, -0.15) is 0 Å². The molecule has 0 saturated heterocycles. The van der Waals surface area contributed by atoms with Gasteiger partial charge in [0, 0.05) is 24.7 Å². The second-order valence-corrected chi connectivity index (χ2v) is 7.85. The number of nitrogens with zero attached hydrogens (tertiary/aromatic N) is 3. The van der Waals surface area contributed by atoms with Gasteiger partial charge in [0.25, 0.3) is 0 Å².